The average molecular weight is 299 g/mol. The van der Waals surface area contributed by atoms with E-state index in [0.717, 1.165) is 25.1 Å². The minimum atomic E-state index is -3.40. The van der Waals surface area contributed by atoms with Crippen molar-refractivity contribution in [2.75, 3.05) is 6.54 Å². The van der Waals surface area contributed by atoms with Crippen molar-refractivity contribution < 1.29 is 8.42 Å². The maximum atomic E-state index is 12.8. The molecule has 0 bridgehead atoms. The summed E-state index contributed by atoms with van der Waals surface area (Å²) < 4.78 is 29.2. The van der Waals surface area contributed by atoms with Crippen molar-refractivity contribution in [3.05, 3.63) is 18.0 Å². The lowest BCUT2D eigenvalue weighted by Gasteiger charge is -2.23. The molecule has 6 heteroatoms. The maximum Gasteiger partial charge on any atom is 0.244 e. The van der Waals surface area contributed by atoms with E-state index in [-0.39, 0.29) is 6.04 Å². The van der Waals surface area contributed by atoms with Gasteiger partial charge in [0.1, 0.15) is 4.90 Å². The fraction of sp³-hybridized carbons (Fsp3) is 0.714. The summed E-state index contributed by atoms with van der Waals surface area (Å²) in [7, 11) is -3.40. The van der Waals surface area contributed by atoms with Gasteiger partial charge in [0.15, 0.2) is 0 Å². The number of hydrogen-bond donors (Lipinski definition) is 1. The molecule has 0 radical (unpaired) electrons. The zero-order valence-electron chi connectivity index (χ0n) is 12.5. The van der Waals surface area contributed by atoms with Crippen LogP contribution in [0.3, 0.4) is 0 Å². The number of sulfonamides is 1. The van der Waals surface area contributed by atoms with Gasteiger partial charge in [0.05, 0.1) is 0 Å². The fourth-order valence-corrected chi connectivity index (χ4v) is 4.35. The molecule has 0 spiro atoms. The Morgan fingerprint density at radius 3 is 2.50 bits per heavy atom. The molecule has 0 atom stereocenters. The summed E-state index contributed by atoms with van der Waals surface area (Å²) in [6.45, 7) is 7.76. The van der Waals surface area contributed by atoms with Crippen LogP contribution in [-0.2, 0) is 23.1 Å². The van der Waals surface area contributed by atoms with Gasteiger partial charge in [-0.05, 0) is 31.7 Å². The van der Waals surface area contributed by atoms with Gasteiger partial charge in [-0.3, -0.25) is 0 Å². The molecule has 0 aromatic carbocycles. The van der Waals surface area contributed by atoms with Gasteiger partial charge in [-0.1, -0.05) is 13.8 Å². The van der Waals surface area contributed by atoms with Crippen molar-refractivity contribution in [3.63, 3.8) is 0 Å². The minimum Gasteiger partial charge on any atom is -0.349 e. The van der Waals surface area contributed by atoms with Crippen LogP contribution in [0.15, 0.2) is 17.2 Å². The van der Waals surface area contributed by atoms with Crippen molar-refractivity contribution in [2.24, 2.45) is 11.7 Å². The molecule has 2 rings (SSSR count). The lowest BCUT2D eigenvalue weighted by molar-refractivity contribution is 0.360. The summed E-state index contributed by atoms with van der Waals surface area (Å²) in [5.41, 5.74) is 6.55. The third-order valence-corrected chi connectivity index (χ3v) is 5.50. The number of aryl methyl sites for hydroxylation is 1. The summed E-state index contributed by atoms with van der Waals surface area (Å²) in [5.74, 6) is 0.326. The van der Waals surface area contributed by atoms with Crippen molar-refractivity contribution >= 4 is 10.0 Å². The van der Waals surface area contributed by atoms with Gasteiger partial charge in [0, 0.05) is 37.6 Å². The van der Waals surface area contributed by atoms with Crippen LogP contribution in [0, 0.1) is 5.92 Å². The highest BCUT2D eigenvalue weighted by Crippen LogP contribution is 2.33. The van der Waals surface area contributed by atoms with Crippen LogP contribution in [0.25, 0.3) is 0 Å². The van der Waals surface area contributed by atoms with E-state index in [9.17, 15) is 8.42 Å². The monoisotopic (exact) mass is 299 g/mol. The van der Waals surface area contributed by atoms with E-state index in [4.69, 9.17) is 5.73 Å². The van der Waals surface area contributed by atoms with Crippen LogP contribution < -0.4 is 5.73 Å². The molecule has 0 amide bonds. The van der Waals surface area contributed by atoms with Crippen molar-refractivity contribution in [3.8, 4) is 0 Å². The zero-order valence-corrected chi connectivity index (χ0v) is 13.4. The van der Waals surface area contributed by atoms with E-state index in [2.05, 4.69) is 0 Å². The highest BCUT2D eigenvalue weighted by Gasteiger charge is 2.38. The minimum absolute atomic E-state index is 0.189. The van der Waals surface area contributed by atoms with Crippen LogP contribution in [-0.4, -0.2) is 29.9 Å². The molecule has 114 valence electrons. The Hall–Kier alpha value is -0.850. The van der Waals surface area contributed by atoms with E-state index in [0.29, 0.717) is 23.9 Å². The van der Waals surface area contributed by atoms with Crippen LogP contribution in [0.1, 0.15) is 39.3 Å². The molecule has 20 heavy (non-hydrogen) atoms. The van der Waals surface area contributed by atoms with Gasteiger partial charge >= 0.3 is 0 Å². The molecular formula is C14H25N3O2S. The van der Waals surface area contributed by atoms with Gasteiger partial charge in [-0.15, -0.1) is 0 Å². The second-order valence-electron chi connectivity index (χ2n) is 5.86. The fourth-order valence-electron chi connectivity index (χ4n) is 2.43. The Labute approximate surface area is 121 Å². The molecule has 1 fully saturated rings. The Kier molecular flexibility index (Phi) is 4.56. The first-order valence-corrected chi connectivity index (χ1v) is 8.75. The number of nitrogens with zero attached hydrogens (tertiary/aromatic N) is 2. The van der Waals surface area contributed by atoms with E-state index in [1.54, 1.807) is 16.6 Å². The smallest absolute Gasteiger partial charge is 0.244 e. The predicted octanol–water partition coefficient (Wildman–Crippen LogP) is 1.78. The van der Waals surface area contributed by atoms with Gasteiger partial charge < -0.3 is 10.3 Å². The average Bonchev–Trinajstić information content (AvgIpc) is 3.13. The largest absolute Gasteiger partial charge is 0.349 e. The van der Waals surface area contributed by atoms with E-state index in [1.807, 2.05) is 25.3 Å². The van der Waals surface area contributed by atoms with Crippen LogP contribution in [0.4, 0.5) is 0 Å². The second-order valence-corrected chi connectivity index (χ2v) is 7.75. The molecule has 0 saturated heterocycles. The van der Waals surface area contributed by atoms with Gasteiger partial charge in [0.2, 0.25) is 10.0 Å². The standard InChI is InChI=1S/C14H25N3O2S/c1-4-16-10-14(7-13(16)8-15)20(18,19)17(9-11(2)3)12-5-6-12/h7,10-12H,4-6,8-9,15H2,1-3H3. The molecule has 2 N–H and O–H groups in total. The van der Waals surface area contributed by atoms with Gasteiger partial charge in [-0.2, -0.15) is 4.31 Å². The first kappa shape index (κ1) is 15.5. The van der Waals surface area contributed by atoms with Crippen molar-refractivity contribution in [1.29, 1.82) is 0 Å². The molecule has 5 nitrogen and oxygen atoms in total. The quantitative estimate of drug-likeness (QED) is 0.834. The first-order valence-electron chi connectivity index (χ1n) is 7.31. The molecule has 1 aliphatic rings. The predicted molar refractivity (Wildman–Crippen MR) is 79.7 cm³/mol. The summed E-state index contributed by atoms with van der Waals surface area (Å²) in [6.07, 6.45) is 3.67. The van der Waals surface area contributed by atoms with Crippen LogP contribution in [0.2, 0.25) is 0 Å². The maximum absolute atomic E-state index is 12.8. The lowest BCUT2D eigenvalue weighted by atomic mass is 10.2. The molecule has 1 heterocycles. The molecular weight excluding hydrogens is 274 g/mol. The van der Waals surface area contributed by atoms with Gasteiger partial charge in [0.25, 0.3) is 0 Å². The SMILES string of the molecule is CCn1cc(S(=O)(=O)N(CC(C)C)C2CC2)cc1CN. The lowest BCUT2D eigenvalue weighted by Crippen LogP contribution is -2.36. The second kappa shape index (κ2) is 5.87. The first-order chi connectivity index (χ1) is 9.40. The Balaban J connectivity index is 2.34. The third-order valence-electron chi connectivity index (χ3n) is 3.62. The van der Waals surface area contributed by atoms with Gasteiger partial charge in [-0.25, -0.2) is 8.42 Å². The highest BCUT2D eigenvalue weighted by atomic mass is 32.2. The van der Waals surface area contributed by atoms with E-state index >= 15 is 0 Å². The molecule has 1 saturated carbocycles. The summed E-state index contributed by atoms with van der Waals surface area (Å²) >= 11 is 0. The topological polar surface area (TPSA) is 68.3 Å². The van der Waals surface area contributed by atoms with Crippen LogP contribution >= 0.6 is 0 Å². The van der Waals surface area contributed by atoms with E-state index in [1.165, 1.54) is 0 Å². The van der Waals surface area contributed by atoms with Crippen molar-refractivity contribution in [2.45, 2.75) is 57.6 Å². The summed E-state index contributed by atoms with van der Waals surface area (Å²) in [5, 5.41) is 0. The molecule has 1 aromatic rings. The highest BCUT2D eigenvalue weighted by molar-refractivity contribution is 7.89. The number of hydrogen-bond acceptors (Lipinski definition) is 3. The number of rotatable bonds is 7. The summed E-state index contributed by atoms with van der Waals surface area (Å²) in [6, 6.07) is 1.91. The van der Waals surface area contributed by atoms with Crippen molar-refractivity contribution in [1.82, 2.24) is 8.87 Å². The Morgan fingerprint density at radius 1 is 1.45 bits per heavy atom. The molecule has 1 aromatic heterocycles. The zero-order chi connectivity index (χ0) is 14.9. The Morgan fingerprint density at radius 2 is 2.10 bits per heavy atom. The van der Waals surface area contributed by atoms with E-state index < -0.39 is 10.0 Å². The molecule has 0 unspecified atom stereocenters. The normalized spacial score (nSPS) is 16.3. The third kappa shape index (κ3) is 3.07. The Bertz CT molecular complexity index is 537. The van der Waals surface area contributed by atoms with Crippen LogP contribution in [0.5, 0.6) is 0 Å². The molecule has 0 aliphatic heterocycles. The summed E-state index contributed by atoms with van der Waals surface area (Å²) in [4.78, 5) is 0.382. The number of nitrogens with two attached hydrogens (primary N) is 1. The number of aromatic nitrogens is 1. The molecule has 1 aliphatic carbocycles.